The topological polar surface area (TPSA) is 95.8 Å². The van der Waals surface area contributed by atoms with Gasteiger partial charge < -0.3 is 24.1 Å². The third kappa shape index (κ3) is 3.06. The Morgan fingerprint density at radius 1 is 1.09 bits per heavy atom. The highest BCUT2D eigenvalue weighted by atomic mass is 16.5. The van der Waals surface area contributed by atoms with Crippen LogP contribution in [-0.4, -0.2) is 33.8 Å². The van der Waals surface area contributed by atoms with Gasteiger partial charge in [0.25, 0.3) is 11.7 Å². The number of benzene rings is 2. The summed E-state index contributed by atoms with van der Waals surface area (Å²) in [4.78, 5) is 31.0. The number of carbonyl (C=O) groups is 2. The molecule has 1 saturated heterocycles. The number of ether oxygens (including phenoxy) is 1. The summed E-state index contributed by atoms with van der Waals surface area (Å²) >= 11 is 0. The first-order chi connectivity index (χ1) is 15.6. The average molecular weight is 428 g/mol. The summed E-state index contributed by atoms with van der Waals surface area (Å²) in [5.74, 6) is -0.796. The van der Waals surface area contributed by atoms with Gasteiger partial charge in [-0.1, -0.05) is 30.3 Å². The molecular weight excluding hydrogens is 408 g/mol. The minimum Gasteiger partial charge on any atom is -0.507 e. The first-order valence-electron chi connectivity index (χ1n) is 10.1. The molecule has 2 N–H and O–H groups in total. The van der Waals surface area contributed by atoms with Crippen molar-refractivity contribution in [2.75, 3.05) is 7.11 Å². The lowest BCUT2D eigenvalue weighted by Crippen LogP contribution is -2.29. The van der Waals surface area contributed by atoms with Crippen LogP contribution in [0.2, 0.25) is 0 Å². The predicted octanol–water partition coefficient (Wildman–Crippen LogP) is 4.39. The fourth-order valence-corrected chi connectivity index (χ4v) is 4.24. The molecule has 4 aromatic rings. The van der Waals surface area contributed by atoms with E-state index in [1.165, 1.54) is 18.3 Å². The number of Topliss-reactive ketones (excluding diaryl/α,β-unsaturated/α-hetero) is 1. The summed E-state index contributed by atoms with van der Waals surface area (Å²) in [6.45, 7) is 0.0877. The summed E-state index contributed by atoms with van der Waals surface area (Å²) in [6, 6.07) is 17.1. The summed E-state index contributed by atoms with van der Waals surface area (Å²) < 4.78 is 10.8. The van der Waals surface area contributed by atoms with E-state index in [0.29, 0.717) is 22.6 Å². The molecule has 0 aliphatic carbocycles. The van der Waals surface area contributed by atoms with Crippen LogP contribution in [0.4, 0.5) is 0 Å². The third-order valence-corrected chi connectivity index (χ3v) is 5.72. The monoisotopic (exact) mass is 428 g/mol. The molecule has 5 rings (SSSR count). The van der Waals surface area contributed by atoms with Gasteiger partial charge in [-0.05, 0) is 30.3 Å². The number of amides is 1. The SMILES string of the molecule is COc1ccccc1/C(O)=C1\C(=O)C(=O)N(Cc2ccco2)C1c1c[nH]c2ccccc12. The van der Waals surface area contributed by atoms with Crippen LogP contribution < -0.4 is 4.74 Å². The molecule has 3 heterocycles. The number of aliphatic hydroxyl groups is 1. The number of aromatic amines is 1. The van der Waals surface area contributed by atoms with Crippen molar-refractivity contribution in [3.8, 4) is 5.75 Å². The van der Waals surface area contributed by atoms with Gasteiger partial charge in [-0.3, -0.25) is 9.59 Å². The molecule has 1 fully saturated rings. The molecule has 1 aliphatic rings. The fraction of sp³-hybridized carbons (Fsp3) is 0.120. The summed E-state index contributed by atoms with van der Waals surface area (Å²) in [7, 11) is 1.48. The van der Waals surface area contributed by atoms with Crippen molar-refractivity contribution in [3.05, 3.63) is 95.6 Å². The lowest BCUT2D eigenvalue weighted by molar-refractivity contribution is -0.140. The molecule has 1 amide bonds. The number of likely N-dealkylation sites (tertiary alicyclic amines) is 1. The van der Waals surface area contributed by atoms with E-state index in [0.717, 1.165) is 10.9 Å². The number of fused-ring (bicyclic) bond motifs is 1. The molecule has 32 heavy (non-hydrogen) atoms. The van der Waals surface area contributed by atoms with E-state index < -0.39 is 17.7 Å². The van der Waals surface area contributed by atoms with Crippen molar-refractivity contribution in [1.82, 2.24) is 9.88 Å². The van der Waals surface area contributed by atoms with Crippen molar-refractivity contribution in [2.45, 2.75) is 12.6 Å². The van der Waals surface area contributed by atoms with Crippen molar-refractivity contribution < 1.29 is 23.8 Å². The van der Waals surface area contributed by atoms with Gasteiger partial charge in [-0.2, -0.15) is 0 Å². The number of hydrogen-bond donors (Lipinski definition) is 2. The van der Waals surface area contributed by atoms with E-state index in [4.69, 9.17) is 9.15 Å². The number of rotatable bonds is 5. The second kappa shape index (κ2) is 7.77. The number of carbonyl (C=O) groups excluding carboxylic acids is 2. The molecule has 0 saturated carbocycles. The quantitative estimate of drug-likeness (QED) is 0.279. The lowest BCUT2D eigenvalue weighted by Gasteiger charge is -2.24. The van der Waals surface area contributed by atoms with E-state index in [9.17, 15) is 14.7 Å². The molecule has 7 nitrogen and oxygen atoms in total. The maximum Gasteiger partial charge on any atom is 0.296 e. The Balaban J connectivity index is 1.74. The number of methoxy groups -OCH3 is 1. The van der Waals surface area contributed by atoms with E-state index in [1.807, 2.05) is 24.3 Å². The number of ketones is 1. The van der Waals surface area contributed by atoms with Crippen molar-refractivity contribution >= 4 is 28.4 Å². The van der Waals surface area contributed by atoms with Crippen LogP contribution in [0.3, 0.4) is 0 Å². The highest BCUT2D eigenvalue weighted by Gasteiger charge is 2.47. The highest BCUT2D eigenvalue weighted by molar-refractivity contribution is 6.46. The van der Waals surface area contributed by atoms with Crippen molar-refractivity contribution in [1.29, 1.82) is 0 Å². The molecule has 1 aliphatic heterocycles. The molecule has 2 aromatic carbocycles. The average Bonchev–Trinajstić information content (AvgIpc) is 3.54. The normalized spacial score (nSPS) is 17.9. The van der Waals surface area contributed by atoms with Crippen LogP contribution in [0.25, 0.3) is 16.7 Å². The van der Waals surface area contributed by atoms with Crippen LogP contribution in [0.5, 0.6) is 5.75 Å². The highest BCUT2D eigenvalue weighted by Crippen LogP contribution is 2.43. The van der Waals surface area contributed by atoms with Crippen LogP contribution >= 0.6 is 0 Å². The lowest BCUT2D eigenvalue weighted by atomic mass is 9.94. The van der Waals surface area contributed by atoms with Crippen LogP contribution in [0.15, 0.2) is 83.1 Å². The van der Waals surface area contributed by atoms with Crippen LogP contribution in [-0.2, 0) is 16.1 Å². The zero-order chi connectivity index (χ0) is 22.2. The Hall–Kier alpha value is -4.26. The van der Waals surface area contributed by atoms with Gasteiger partial charge in [0, 0.05) is 22.7 Å². The number of nitrogens with one attached hydrogen (secondary N) is 1. The molecule has 160 valence electrons. The van der Waals surface area contributed by atoms with Gasteiger partial charge in [-0.25, -0.2) is 0 Å². The molecule has 2 aromatic heterocycles. The number of nitrogens with zero attached hydrogens (tertiary/aromatic N) is 1. The third-order valence-electron chi connectivity index (χ3n) is 5.72. The molecular formula is C25H20N2O5. The molecule has 0 spiro atoms. The maximum atomic E-state index is 13.2. The van der Waals surface area contributed by atoms with E-state index in [1.54, 1.807) is 42.6 Å². The smallest absolute Gasteiger partial charge is 0.296 e. The Bertz CT molecular complexity index is 1350. The minimum atomic E-state index is -0.804. The standard InChI is InChI=1S/C25H20N2O5/c1-31-20-11-5-3-9-17(20)23(28)21-22(18-13-26-19-10-4-2-8-16(18)19)27(25(30)24(21)29)14-15-7-6-12-32-15/h2-13,22,26,28H,14H2,1H3/b23-21+. The van der Waals surface area contributed by atoms with E-state index >= 15 is 0 Å². The number of H-pyrrole nitrogens is 1. The number of aliphatic hydroxyl groups excluding tert-OH is 1. The van der Waals surface area contributed by atoms with Gasteiger partial charge >= 0.3 is 0 Å². The van der Waals surface area contributed by atoms with Gasteiger partial charge in [0.1, 0.15) is 17.3 Å². The molecule has 0 radical (unpaired) electrons. The van der Waals surface area contributed by atoms with Gasteiger partial charge in [-0.15, -0.1) is 0 Å². The first kappa shape index (κ1) is 19.7. The Morgan fingerprint density at radius 3 is 2.66 bits per heavy atom. The molecule has 7 heteroatoms. The second-order valence-corrected chi connectivity index (χ2v) is 7.50. The van der Waals surface area contributed by atoms with Gasteiger partial charge in [0.2, 0.25) is 0 Å². The minimum absolute atomic E-state index is 0.0100. The Morgan fingerprint density at radius 2 is 1.88 bits per heavy atom. The summed E-state index contributed by atoms with van der Waals surface area (Å²) in [6.07, 6.45) is 3.29. The zero-order valence-corrected chi connectivity index (χ0v) is 17.2. The largest absolute Gasteiger partial charge is 0.507 e. The van der Waals surface area contributed by atoms with E-state index in [2.05, 4.69) is 4.98 Å². The number of hydrogen-bond acceptors (Lipinski definition) is 5. The zero-order valence-electron chi connectivity index (χ0n) is 17.2. The Kier molecular flexibility index (Phi) is 4.78. The number of aromatic nitrogens is 1. The Labute approximate surface area is 183 Å². The number of furan rings is 1. The molecule has 1 atom stereocenters. The summed E-state index contributed by atoms with van der Waals surface area (Å²) in [5, 5.41) is 12.1. The number of para-hydroxylation sites is 2. The summed E-state index contributed by atoms with van der Waals surface area (Å²) in [5.41, 5.74) is 1.93. The van der Waals surface area contributed by atoms with Gasteiger partial charge in [0.05, 0.1) is 37.1 Å². The van der Waals surface area contributed by atoms with Crippen molar-refractivity contribution in [3.63, 3.8) is 0 Å². The fourth-order valence-electron chi connectivity index (χ4n) is 4.24. The maximum absolute atomic E-state index is 13.2. The first-order valence-corrected chi connectivity index (χ1v) is 10.1. The van der Waals surface area contributed by atoms with Crippen LogP contribution in [0.1, 0.15) is 22.9 Å². The van der Waals surface area contributed by atoms with Gasteiger partial charge in [0.15, 0.2) is 0 Å². The van der Waals surface area contributed by atoms with Crippen molar-refractivity contribution in [2.24, 2.45) is 0 Å². The van der Waals surface area contributed by atoms with Crippen LogP contribution in [0, 0.1) is 0 Å². The van der Waals surface area contributed by atoms with E-state index in [-0.39, 0.29) is 17.9 Å². The molecule has 0 bridgehead atoms. The molecule has 1 unspecified atom stereocenters. The predicted molar refractivity (Wildman–Crippen MR) is 118 cm³/mol. The second-order valence-electron chi connectivity index (χ2n) is 7.50.